The van der Waals surface area contributed by atoms with Crippen LogP contribution in [0.15, 0.2) is 23.8 Å². The number of hydrogen-bond donors (Lipinski definition) is 1. The van der Waals surface area contributed by atoms with Crippen molar-refractivity contribution < 1.29 is 9.90 Å². The van der Waals surface area contributed by atoms with E-state index < -0.39 is 5.97 Å². The molecular formula is C10H18O2. The number of allylic oxidation sites excluding steroid dienone is 2. The van der Waals surface area contributed by atoms with Crippen LogP contribution in [0, 0.1) is 0 Å². The molecule has 70 valence electrons. The Morgan fingerprint density at radius 1 is 1.42 bits per heavy atom. The monoisotopic (exact) mass is 170 g/mol. The van der Waals surface area contributed by atoms with Crippen LogP contribution >= 0.6 is 0 Å². The van der Waals surface area contributed by atoms with E-state index in [0.717, 1.165) is 6.42 Å². The molecule has 0 atom stereocenters. The van der Waals surface area contributed by atoms with Crippen molar-refractivity contribution in [2.45, 2.75) is 34.1 Å². The Morgan fingerprint density at radius 2 is 1.75 bits per heavy atom. The molecule has 0 saturated carbocycles. The van der Waals surface area contributed by atoms with Crippen molar-refractivity contribution in [1.29, 1.82) is 0 Å². The van der Waals surface area contributed by atoms with E-state index in [4.69, 9.17) is 5.11 Å². The van der Waals surface area contributed by atoms with E-state index in [0.29, 0.717) is 5.57 Å². The Bertz CT molecular complexity index is 174. The van der Waals surface area contributed by atoms with Gasteiger partial charge in [0.25, 0.3) is 0 Å². The zero-order valence-corrected chi connectivity index (χ0v) is 8.35. The van der Waals surface area contributed by atoms with Crippen molar-refractivity contribution in [2.24, 2.45) is 0 Å². The maximum atomic E-state index is 10.0. The Morgan fingerprint density at radius 3 is 1.83 bits per heavy atom. The van der Waals surface area contributed by atoms with Crippen LogP contribution in [0.3, 0.4) is 0 Å². The van der Waals surface area contributed by atoms with Gasteiger partial charge in [0.2, 0.25) is 0 Å². The summed E-state index contributed by atoms with van der Waals surface area (Å²) in [7, 11) is 0. The van der Waals surface area contributed by atoms with Gasteiger partial charge in [0.05, 0.1) is 0 Å². The molecule has 0 saturated heterocycles. The average molecular weight is 170 g/mol. The minimum Gasteiger partial charge on any atom is -0.478 e. The summed E-state index contributed by atoms with van der Waals surface area (Å²) in [6.45, 7) is 11.0. The second-order valence-corrected chi connectivity index (χ2v) is 2.81. The van der Waals surface area contributed by atoms with Crippen LogP contribution in [-0.2, 0) is 4.79 Å². The van der Waals surface area contributed by atoms with Gasteiger partial charge in [-0.2, -0.15) is 0 Å². The van der Waals surface area contributed by atoms with Crippen molar-refractivity contribution in [2.75, 3.05) is 0 Å². The molecule has 12 heavy (non-hydrogen) atoms. The van der Waals surface area contributed by atoms with Gasteiger partial charge in [-0.3, -0.25) is 0 Å². The fraction of sp³-hybridized carbons (Fsp3) is 0.500. The van der Waals surface area contributed by atoms with Crippen LogP contribution in [0.4, 0.5) is 0 Å². The zero-order valence-electron chi connectivity index (χ0n) is 8.35. The van der Waals surface area contributed by atoms with Crippen molar-refractivity contribution in [1.82, 2.24) is 0 Å². The molecule has 0 radical (unpaired) electrons. The first-order valence-electron chi connectivity index (χ1n) is 3.94. The summed E-state index contributed by atoms with van der Waals surface area (Å²) < 4.78 is 0. The third-order valence-corrected chi connectivity index (χ3v) is 0.848. The molecule has 0 aromatic rings. The molecule has 0 aliphatic carbocycles. The lowest BCUT2D eigenvalue weighted by atomic mass is 10.2. The van der Waals surface area contributed by atoms with Crippen LogP contribution < -0.4 is 0 Å². The largest absolute Gasteiger partial charge is 0.478 e. The zero-order chi connectivity index (χ0) is 10.1. The number of carboxylic acid groups (broad SMARTS) is 1. The lowest BCUT2D eigenvalue weighted by Gasteiger charge is -1.87. The standard InChI is InChI=1S/C6H10O2.C4H8/c1-3-4-5(2)6(7)8;1-4(2)3/h4H,3H2,1-2H3,(H,7,8);1H2,2-3H3/b5-4+;. The van der Waals surface area contributed by atoms with Crippen LogP contribution in [-0.4, -0.2) is 11.1 Å². The molecule has 0 bridgehead atoms. The second kappa shape index (κ2) is 8.05. The third kappa shape index (κ3) is 16.0. The van der Waals surface area contributed by atoms with Crippen LogP contribution in [0.2, 0.25) is 0 Å². The highest BCUT2D eigenvalue weighted by Crippen LogP contribution is 1.92. The Hall–Kier alpha value is -1.05. The molecule has 0 amide bonds. The van der Waals surface area contributed by atoms with Gasteiger partial charge >= 0.3 is 5.97 Å². The predicted molar refractivity (Wildman–Crippen MR) is 52.2 cm³/mol. The van der Waals surface area contributed by atoms with E-state index in [9.17, 15) is 4.79 Å². The average Bonchev–Trinajstić information content (AvgIpc) is 1.86. The summed E-state index contributed by atoms with van der Waals surface area (Å²) >= 11 is 0. The maximum absolute atomic E-state index is 10.0. The van der Waals surface area contributed by atoms with Gasteiger partial charge in [0.1, 0.15) is 0 Å². The molecule has 1 N–H and O–H groups in total. The summed E-state index contributed by atoms with van der Waals surface area (Å²) in [6.07, 6.45) is 2.47. The number of rotatable bonds is 2. The van der Waals surface area contributed by atoms with E-state index in [-0.39, 0.29) is 0 Å². The summed E-state index contributed by atoms with van der Waals surface area (Å²) in [4.78, 5) is 10.0. The van der Waals surface area contributed by atoms with Gasteiger partial charge in [-0.05, 0) is 27.2 Å². The molecule has 2 nitrogen and oxygen atoms in total. The van der Waals surface area contributed by atoms with E-state index in [1.165, 1.54) is 5.57 Å². The first-order valence-corrected chi connectivity index (χ1v) is 3.94. The van der Waals surface area contributed by atoms with Gasteiger partial charge in [-0.1, -0.05) is 18.6 Å². The third-order valence-electron chi connectivity index (χ3n) is 0.848. The first-order chi connectivity index (χ1) is 5.41. The van der Waals surface area contributed by atoms with Crippen molar-refractivity contribution in [3.8, 4) is 0 Å². The van der Waals surface area contributed by atoms with Crippen LogP contribution in [0.5, 0.6) is 0 Å². The van der Waals surface area contributed by atoms with Gasteiger partial charge in [0, 0.05) is 5.57 Å². The quantitative estimate of drug-likeness (QED) is 0.511. The van der Waals surface area contributed by atoms with Crippen LogP contribution in [0.25, 0.3) is 0 Å². The van der Waals surface area contributed by atoms with Gasteiger partial charge < -0.3 is 5.11 Å². The van der Waals surface area contributed by atoms with E-state index in [1.54, 1.807) is 13.0 Å². The smallest absolute Gasteiger partial charge is 0.330 e. The van der Waals surface area contributed by atoms with E-state index in [2.05, 4.69) is 6.58 Å². The molecule has 0 heterocycles. The number of aliphatic carboxylic acids is 1. The Kier molecular flexibility index (Phi) is 9.08. The summed E-state index contributed by atoms with van der Waals surface area (Å²) in [5.41, 5.74) is 1.59. The lowest BCUT2D eigenvalue weighted by molar-refractivity contribution is -0.132. The normalized spacial score (nSPS) is 9.83. The van der Waals surface area contributed by atoms with E-state index in [1.807, 2.05) is 20.8 Å². The highest BCUT2D eigenvalue weighted by Gasteiger charge is 1.94. The molecule has 0 rings (SSSR count). The number of hydrogen-bond acceptors (Lipinski definition) is 1. The summed E-state index contributed by atoms with van der Waals surface area (Å²) in [5, 5.41) is 8.24. The molecule has 2 heteroatoms. The molecule has 0 spiro atoms. The number of carboxylic acids is 1. The fourth-order valence-corrected chi connectivity index (χ4v) is 0.393. The fourth-order valence-electron chi connectivity index (χ4n) is 0.393. The van der Waals surface area contributed by atoms with Crippen LogP contribution in [0.1, 0.15) is 34.1 Å². The van der Waals surface area contributed by atoms with Crippen molar-refractivity contribution in [3.05, 3.63) is 23.8 Å². The maximum Gasteiger partial charge on any atom is 0.330 e. The SMILES string of the molecule is C=C(C)C.CC/C=C(\C)C(=O)O. The number of carbonyl (C=O) groups is 1. The highest BCUT2D eigenvalue weighted by molar-refractivity contribution is 5.85. The molecular weight excluding hydrogens is 152 g/mol. The van der Waals surface area contributed by atoms with Crippen molar-refractivity contribution >= 4 is 5.97 Å². The minimum atomic E-state index is -0.827. The summed E-state index contributed by atoms with van der Waals surface area (Å²) in [5.74, 6) is -0.827. The molecule has 0 aromatic heterocycles. The Balaban J connectivity index is 0. The molecule has 0 aromatic carbocycles. The first kappa shape index (κ1) is 13.5. The predicted octanol–water partition coefficient (Wildman–Crippen LogP) is 3.01. The Labute approximate surface area is 74.6 Å². The topological polar surface area (TPSA) is 37.3 Å². The molecule has 0 aliphatic rings. The van der Waals surface area contributed by atoms with E-state index >= 15 is 0 Å². The highest BCUT2D eigenvalue weighted by atomic mass is 16.4. The molecule has 0 aliphatic heterocycles. The second-order valence-electron chi connectivity index (χ2n) is 2.81. The van der Waals surface area contributed by atoms with Gasteiger partial charge in [0.15, 0.2) is 0 Å². The van der Waals surface area contributed by atoms with Gasteiger partial charge in [-0.25, -0.2) is 4.79 Å². The lowest BCUT2D eigenvalue weighted by Crippen LogP contribution is -1.94. The van der Waals surface area contributed by atoms with Gasteiger partial charge in [-0.15, -0.1) is 6.58 Å². The van der Waals surface area contributed by atoms with Crippen molar-refractivity contribution in [3.63, 3.8) is 0 Å². The molecule has 0 unspecified atom stereocenters. The summed E-state index contributed by atoms with van der Waals surface area (Å²) in [6, 6.07) is 0. The molecule has 0 fully saturated rings. The minimum absolute atomic E-state index is 0.424.